The van der Waals surface area contributed by atoms with Gasteiger partial charge in [-0.1, -0.05) is 0 Å². The highest BCUT2D eigenvalue weighted by Crippen LogP contribution is 2.21. The zero-order valence-electron chi connectivity index (χ0n) is 10.2. The van der Waals surface area contributed by atoms with Crippen molar-refractivity contribution in [2.75, 3.05) is 18.9 Å². The van der Waals surface area contributed by atoms with Crippen LogP contribution < -0.4 is 11.1 Å². The zero-order chi connectivity index (χ0) is 12.5. The number of anilines is 1. The molecule has 4 N–H and O–H groups in total. The molecule has 6 heteroatoms. The Kier molecular flexibility index (Phi) is 3.06. The van der Waals surface area contributed by atoms with Crippen LogP contribution in [0.3, 0.4) is 0 Å². The number of ether oxygens (including phenoxy) is 1. The molecule has 1 aromatic rings. The number of nitrogens with zero attached hydrogens (tertiary/aromatic N) is 1. The molecule has 0 atom stereocenters. The molecule has 1 aromatic heterocycles. The number of aromatic nitrogens is 2. The van der Waals surface area contributed by atoms with E-state index in [0.717, 1.165) is 12.8 Å². The summed E-state index contributed by atoms with van der Waals surface area (Å²) < 4.78 is 5.29. The number of nitrogen functional groups attached to an aromatic ring is 1. The zero-order valence-corrected chi connectivity index (χ0v) is 10.2. The predicted octanol–water partition coefficient (Wildman–Crippen LogP) is 0.599. The number of amides is 1. The van der Waals surface area contributed by atoms with E-state index in [0.29, 0.717) is 24.5 Å². The summed E-state index contributed by atoms with van der Waals surface area (Å²) in [6.07, 6.45) is 1.63. The summed E-state index contributed by atoms with van der Waals surface area (Å²) in [4.78, 5) is 12.1. The number of H-pyrrole nitrogens is 1. The second-order valence-corrected chi connectivity index (χ2v) is 4.74. The Morgan fingerprint density at radius 1 is 1.53 bits per heavy atom. The van der Waals surface area contributed by atoms with E-state index in [1.165, 1.54) is 0 Å². The minimum atomic E-state index is -0.217. The summed E-state index contributed by atoms with van der Waals surface area (Å²) in [5.74, 6) is 0.0776. The van der Waals surface area contributed by atoms with Gasteiger partial charge >= 0.3 is 0 Å². The number of carbonyl (C=O) groups is 1. The Labute approximate surface area is 99.9 Å². The highest BCUT2D eigenvalue weighted by atomic mass is 16.5. The molecule has 0 spiro atoms. The first-order valence-corrected chi connectivity index (χ1v) is 5.72. The molecule has 1 fully saturated rings. The van der Waals surface area contributed by atoms with E-state index in [9.17, 15) is 4.79 Å². The van der Waals surface area contributed by atoms with Crippen molar-refractivity contribution in [3.05, 3.63) is 11.3 Å². The van der Waals surface area contributed by atoms with Gasteiger partial charge in [0.15, 0.2) is 5.82 Å². The van der Waals surface area contributed by atoms with Gasteiger partial charge < -0.3 is 15.8 Å². The fourth-order valence-electron chi connectivity index (χ4n) is 2.02. The van der Waals surface area contributed by atoms with Gasteiger partial charge in [-0.05, 0) is 26.7 Å². The number of nitrogens with one attached hydrogen (secondary N) is 2. The highest BCUT2D eigenvalue weighted by Gasteiger charge is 2.30. The van der Waals surface area contributed by atoms with Crippen LogP contribution in [-0.2, 0) is 4.74 Å². The lowest BCUT2D eigenvalue weighted by Gasteiger charge is -2.34. The minimum absolute atomic E-state index is 0.168. The van der Waals surface area contributed by atoms with Crippen molar-refractivity contribution < 1.29 is 9.53 Å². The van der Waals surface area contributed by atoms with Crippen molar-refractivity contribution in [2.45, 2.75) is 32.2 Å². The lowest BCUT2D eigenvalue weighted by molar-refractivity contribution is 0.0423. The molecule has 17 heavy (non-hydrogen) atoms. The molecule has 0 radical (unpaired) electrons. The molecular formula is C11H18N4O2. The fourth-order valence-corrected chi connectivity index (χ4v) is 2.02. The van der Waals surface area contributed by atoms with E-state index in [4.69, 9.17) is 10.5 Å². The number of hydrogen-bond acceptors (Lipinski definition) is 4. The third kappa shape index (κ3) is 2.41. The van der Waals surface area contributed by atoms with Crippen molar-refractivity contribution in [2.24, 2.45) is 0 Å². The quantitative estimate of drug-likeness (QED) is 0.703. The predicted molar refractivity (Wildman–Crippen MR) is 63.7 cm³/mol. The van der Waals surface area contributed by atoms with Crippen LogP contribution >= 0.6 is 0 Å². The van der Waals surface area contributed by atoms with Crippen molar-refractivity contribution in [3.63, 3.8) is 0 Å². The summed E-state index contributed by atoms with van der Waals surface area (Å²) >= 11 is 0. The van der Waals surface area contributed by atoms with Crippen LogP contribution in [0.2, 0.25) is 0 Å². The number of carbonyl (C=O) groups excluding carboxylic acids is 1. The van der Waals surface area contributed by atoms with Gasteiger partial charge in [0.1, 0.15) is 5.56 Å². The Morgan fingerprint density at radius 2 is 2.18 bits per heavy atom. The number of nitrogens with two attached hydrogens (primary N) is 1. The molecule has 0 unspecified atom stereocenters. The van der Waals surface area contributed by atoms with E-state index < -0.39 is 0 Å². The molecule has 1 saturated heterocycles. The molecular weight excluding hydrogens is 220 g/mol. The van der Waals surface area contributed by atoms with Crippen LogP contribution in [0.4, 0.5) is 5.82 Å². The van der Waals surface area contributed by atoms with Crippen LogP contribution in [-0.4, -0.2) is 34.9 Å². The third-order valence-corrected chi connectivity index (χ3v) is 3.21. The smallest absolute Gasteiger partial charge is 0.257 e. The van der Waals surface area contributed by atoms with Gasteiger partial charge in [-0.3, -0.25) is 9.89 Å². The lowest BCUT2D eigenvalue weighted by Crippen LogP contribution is -2.49. The van der Waals surface area contributed by atoms with E-state index in [1.807, 2.05) is 6.92 Å². The summed E-state index contributed by atoms with van der Waals surface area (Å²) in [6, 6.07) is 0. The Bertz CT molecular complexity index is 402. The number of rotatable bonds is 2. The second-order valence-electron chi connectivity index (χ2n) is 4.74. The second kappa shape index (κ2) is 4.37. The van der Waals surface area contributed by atoms with E-state index in [-0.39, 0.29) is 17.3 Å². The fraction of sp³-hybridized carbons (Fsp3) is 0.636. The molecule has 1 aliphatic heterocycles. The maximum Gasteiger partial charge on any atom is 0.257 e. The van der Waals surface area contributed by atoms with Gasteiger partial charge in [0.25, 0.3) is 5.91 Å². The Hall–Kier alpha value is -1.56. The molecule has 0 aromatic carbocycles. The number of hydrogen-bond donors (Lipinski definition) is 3. The van der Waals surface area contributed by atoms with Gasteiger partial charge in [-0.25, -0.2) is 0 Å². The van der Waals surface area contributed by atoms with Gasteiger partial charge in [-0.15, -0.1) is 0 Å². The SMILES string of the molecule is Cc1[nH]nc(N)c1C(=O)NC1(C)CCOCC1. The first-order valence-electron chi connectivity index (χ1n) is 5.72. The van der Waals surface area contributed by atoms with Gasteiger partial charge in [0.2, 0.25) is 0 Å². The van der Waals surface area contributed by atoms with Gasteiger partial charge in [0.05, 0.1) is 0 Å². The third-order valence-electron chi connectivity index (χ3n) is 3.21. The number of aryl methyl sites for hydroxylation is 1. The van der Waals surface area contributed by atoms with Crippen molar-refractivity contribution in [1.82, 2.24) is 15.5 Å². The standard InChI is InChI=1S/C11H18N4O2/c1-7-8(9(12)15-14-7)10(16)13-11(2)3-5-17-6-4-11/h3-6H2,1-2H3,(H,13,16)(H3,12,14,15). The van der Waals surface area contributed by atoms with E-state index >= 15 is 0 Å². The largest absolute Gasteiger partial charge is 0.382 e. The summed E-state index contributed by atoms with van der Waals surface area (Å²) in [7, 11) is 0. The molecule has 0 aliphatic carbocycles. The van der Waals surface area contributed by atoms with Crippen molar-refractivity contribution in [1.29, 1.82) is 0 Å². The van der Waals surface area contributed by atoms with Crippen LogP contribution in [0.1, 0.15) is 35.8 Å². The molecule has 6 nitrogen and oxygen atoms in total. The monoisotopic (exact) mass is 238 g/mol. The average molecular weight is 238 g/mol. The van der Waals surface area contributed by atoms with Crippen LogP contribution in [0.15, 0.2) is 0 Å². The molecule has 94 valence electrons. The minimum Gasteiger partial charge on any atom is -0.382 e. The summed E-state index contributed by atoms with van der Waals surface area (Å²) in [6.45, 7) is 5.16. The molecule has 2 heterocycles. The van der Waals surface area contributed by atoms with E-state index in [2.05, 4.69) is 15.5 Å². The maximum absolute atomic E-state index is 12.1. The van der Waals surface area contributed by atoms with Crippen LogP contribution in [0.5, 0.6) is 0 Å². The molecule has 1 aliphatic rings. The van der Waals surface area contributed by atoms with Crippen molar-refractivity contribution >= 4 is 11.7 Å². The van der Waals surface area contributed by atoms with Gasteiger partial charge in [0, 0.05) is 24.4 Å². The first kappa shape index (κ1) is 11.9. The highest BCUT2D eigenvalue weighted by molar-refractivity contribution is 5.99. The average Bonchev–Trinajstić information content (AvgIpc) is 2.58. The molecule has 1 amide bonds. The lowest BCUT2D eigenvalue weighted by atomic mass is 9.92. The number of aromatic amines is 1. The molecule has 0 bridgehead atoms. The first-order chi connectivity index (χ1) is 8.02. The Morgan fingerprint density at radius 3 is 2.71 bits per heavy atom. The normalized spacial score (nSPS) is 18.9. The van der Waals surface area contributed by atoms with E-state index in [1.54, 1.807) is 6.92 Å². The van der Waals surface area contributed by atoms with Crippen LogP contribution in [0.25, 0.3) is 0 Å². The molecule has 2 rings (SSSR count). The Balaban J connectivity index is 2.11. The topological polar surface area (TPSA) is 93.0 Å². The molecule has 0 saturated carbocycles. The summed E-state index contributed by atoms with van der Waals surface area (Å²) in [5, 5.41) is 9.55. The summed E-state index contributed by atoms with van der Waals surface area (Å²) in [5.41, 5.74) is 6.58. The van der Waals surface area contributed by atoms with Crippen LogP contribution in [0, 0.1) is 6.92 Å². The van der Waals surface area contributed by atoms with Crippen molar-refractivity contribution in [3.8, 4) is 0 Å². The maximum atomic E-state index is 12.1. The van der Waals surface area contributed by atoms with Gasteiger partial charge in [-0.2, -0.15) is 5.10 Å².